The molecule has 0 aromatic carbocycles. The van der Waals surface area contributed by atoms with Gasteiger partial charge in [0, 0.05) is 12.0 Å². The van der Waals surface area contributed by atoms with Gasteiger partial charge in [-0.3, -0.25) is 0 Å². The van der Waals surface area contributed by atoms with Crippen molar-refractivity contribution in [3.05, 3.63) is 11.6 Å². The molecule has 1 saturated heterocycles. The number of unbranched alkanes of at least 4 members (excludes halogenated alkanes) is 3. The van der Waals surface area contributed by atoms with Crippen molar-refractivity contribution >= 4 is 5.97 Å². The quantitative estimate of drug-likeness (QED) is 0.380. The van der Waals surface area contributed by atoms with Crippen LogP contribution in [0, 0.1) is 0 Å². The van der Waals surface area contributed by atoms with E-state index in [-0.39, 0.29) is 12.1 Å². The van der Waals surface area contributed by atoms with Gasteiger partial charge >= 0.3 is 5.97 Å². The summed E-state index contributed by atoms with van der Waals surface area (Å²) in [5, 5.41) is 0. The number of cyclic esters (lactones) is 1. The van der Waals surface area contributed by atoms with Crippen LogP contribution in [0.15, 0.2) is 11.6 Å². The highest BCUT2D eigenvalue weighted by atomic mass is 16.5. The zero-order valence-electron chi connectivity index (χ0n) is 9.92. The Morgan fingerprint density at radius 3 is 2.73 bits per heavy atom. The predicted molar refractivity (Wildman–Crippen MR) is 61.6 cm³/mol. The molecule has 0 bridgehead atoms. The van der Waals surface area contributed by atoms with Crippen molar-refractivity contribution in [2.45, 2.75) is 64.9 Å². The Morgan fingerprint density at radius 2 is 2.07 bits per heavy atom. The van der Waals surface area contributed by atoms with E-state index >= 15 is 0 Å². The average Bonchev–Trinajstić information content (AvgIpc) is 2.57. The lowest BCUT2D eigenvalue weighted by molar-refractivity contribution is -0.139. The van der Waals surface area contributed by atoms with Gasteiger partial charge in [0.05, 0.1) is 0 Å². The van der Waals surface area contributed by atoms with E-state index in [2.05, 4.69) is 19.9 Å². The van der Waals surface area contributed by atoms with E-state index in [1.165, 1.54) is 12.8 Å². The highest BCUT2D eigenvalue weighted by Gasteiger charge is 2.27. The maximum atomic E-state index is 11.5. The third-order valence-corrected chi connectivity index (χ3v) is 2.81. The van der Waals surface area contributed by atoms with Crippen molar-refractivity contribution in [1.82, 2.24) is 0 Å². The van der Waals surface area contributed by atoms with E-state index in [9.17, 15) is 4.79 Å². The van der Waals surface area contributed by atoms with Crippen LogP contribution in [0.3, 0.4) is 0 Å². The van der Waals surface area contributed by atoms with Crippen molar-refractivity contribution in [3.63, 3.8) is 0 Å². The molecular weight excluding hydrogens is 188 g/mol. The minimum absolute atomic E-state index is 0.0767. The Hall–Kier alpha value is -0.790. The van der Waals surface area contributed by atoms with Crippen LogP contribution in [0.5, 0.6) is 0 Å². The summed E-state index contributed by atoms with van der Waals surface area (Å²) < 4.78 is 5.30. The smallest absolute Gasteiger partial charge is 0.334 e. The molecule has 0 aromatic rings. The first kappa shape index (κ1) is 12.3. The number of hydrogen-bond donors (Lipinski definition) is 0. The van der Waals surface area contributed by atoms with Crippen molar-refractivity contribution in [2.24, 2.45) is 0 Å². The highest BCUT2D eigenvalue weighted by Crippen LogP contribution is 2.24. The number of carbonyl (C=O) groups is 1. The molecule has 1 unspecified atom stereocenters. The van der Waals surface area contributed by atoms with Crippen molar-refractivity contribution < 1.29 is 9.53 Å². The molecule has 0 spiro atoms. The SMILES string of the molecule is CCCC/C=C1/CC(CCCC)OC1=O. The maximum absolute atomic E-state index is 11.5. The molecule has 15 heavy (non-hydrogen) atoms. The molecule has 0 radical (unpaired) electrons. The normalized spacial score (nSPS) is 23.5. The first-order valence-corrected chi connectivity index (χ1v) is 6.18. The van der Waals surface area contributed by atoms with Crippen LogP contribution in [0.4, 0.5) is 0 Å². The Labute approximate surface area is 92.7 Å². The van der Waals surface area contributed by atoms with Gasteiger partial charge in [-0.15, -0.1) is 0 Å². The number of rotatable bonds is 6. The lowest BCUT2D eigenvalue weighted by Gasteiger charge is -2.05. The van der Waals surface area contributed by atoms with E-state index in [0.717, 1.165) is 37.7 Å². The summed E-state index contributed by atoms with van der Waals surface area (Å²) >= 11 is 0. The zero-order valence-corrected chi connectivity index (χ0v) is 9.92. The molecule has 1 atom stereocenters. The number of hydrogen-bond acceptors (Lipinski definition) is 2. The monoisotopic (exact) mass is 210 g/mol. The van der Waals surface area contributed by atoms with E-state index < -0.39 is 0 Å². The molecule has 2 heteroatoms. The summed E-state index contributed by atoms with van der Waals surface area (Å²) in [5.74, 6) is -0.0767. The fourth-order valence-corrected chi connectivity index (χ4v) is 1.84. The molecule has 0 aliphatic carbocycles. The number of ether oxygens (including phenoxy) is 1. The van der Waals surface area contributed by atoms with Crippen LogP contribution in [0.1, 0.15) is 58.8 Å². The van der Waals surface area contributed by atoms with E-state index in [1.807, 2.05) is 0 Å². The van der Waals surface area contributed by atoms with Crippen LogP contribution in [-0.4, -0.2) is 12.1 Å². The molecule has 0 N–H and O–H groups in total. The molecule has 1 aliphatic rings. The standard InChI is InChI=1S/C13H22O2/c1-3-5-7-8-11-10-12(9-6-4-2)15-13(11)14/h8,12H,3-7,9-10H2,1-2H3/b11-8-. The summed E-state index contributed by atoms with van der Waals surface area (Å²) in [6, 6.07) is 0. The van der Waals surface area contributed by atoms with Gasteiger partial charge in [0.25, 0.3) is 0 Å². The van der Waals surface area contributed by atoms with Gasteiger partial charge in [-0.05, 0) is 12.8 Å². The highest BCUT2D eigenvalue weighted by molar-refractivity contribution is 5.90. The molecule has 2 nitrogen and oxygen atoms in total. The summed E-state index contributed by atoms with van der Waals surface area (Å²) in [7, 11) is 0. The van der Waals surface area contributed by atoms with Gasteiger partial charge in [-0.25, -0.2) is 4.79 Å². The first-order valence-electron chi connectivity index (χ1n) is 6.18. The van der Waals surface area contributed by atoms with Crippen LogP contribution < -0.4 is 0 Å². The second-order valence-electron chi connectivity index (χ2n) is 4.25. The molecule has 1 aliphatic heterocycles. The molecule has 0 saturated carbocycles. The van der Waals surface area contributed by atoms with Crippen LogP contribution >= 0.6 is 0 Å². The molecular formula is C13H22O2. The summed E-state index contributed by atoms with van der Waals surface area (Å²) in [6.45, 7) is 4.32. The largest absolute Gasteiger partial charge is 0.459 e. The third-order valence-electron chi connectivity index (χ3n) is 2.81. The molecule has 86 valence electrons. The van der Waals surface area contributed by atoms with E-state index in [1.54, 1.807) is 0 Å². The Kier molecular flexibility index (Phi) is 5.44. The van der Waals surface area contributed by atoms with Crippen LogP contribution in [0.2, 0.25) is 0 Å². The topological polar surface area (TPSA) is 26.3 Å². The molecule has 1 fully saturated rings. The summed E-state index contributed by atoms with van der Waals surface area (Å²) in [6.07, 6.45) is 9.76. The summed E-state index contributed by atoms with van der Waals surface area (Å²) in [5.41, 5.74) is 0.907. The fraction of sp³-hybridized carbons (Fsp3) is 0.769. The van der Waals surface area contributed by atoms with E-state index in [4.69, 9.17) is 4.74 Å². The molecule has 1 rings (SSSR count). The molecule has 0 aromatic heterocycles. The third kappa shape index (κ3) is 4.06. The Bertz CT molecular complexity index is 231. The van der Waals surface area contributed by atoms with Gasteiger partial charge in [-0.2, -0.15) is 0 Å². The predicted octanol–water partition coefficient (Wildman–Crippen LogP) is 3.61. The van der Waals surface area contributed by atoms with Crippen molar-refractivity contribution in [2.75, 3.05) is 0 Å². The summed E-state index contributed by atoms with van der Waals surface area (Å²) in [4.78, 5) is 11.5. The molecule has 1 heterocycles. The minimum atomic E-state index is -0.0767. The maximum Gasteiger partial charge on any atom is 0.334 e. The zero-order chi connectivity index (χ0) is 11.1. The Balaban J connectivity index is 2.35. The molecule has 0 amide bonds. The fourth-order valence-electron chi connectivity index (χ4n) is 1.84. The van der Waals surface area contributed by atoms with Crippen molar-refractivity contribution in [1.29, 1.82) is 0 Å². The number of carbonyl (C=O) groups excluding carboxylic acids is 1. The lowest BCUT2D eigenvalue weighted by Crippen LogP contribution is -2.05. The van der Waals surface area contributed by atoms with Gasteiger partial charge in [-0.1, -0.05) is 45.6 Å². The van der Waals surface area contributed by atoms with Gasteiger partial charge in [0.1, 0.15) is 6.10 Å². The second-order valence-corrected chi connectivity index (χ2v) is 4.25. The van der Waals surface area contributed by atoms with Crippen LogP contribution in [-0.2, 0) is 9.53 Å². The van der Waals surface area contributed by atoms with E-state index in [0.29, 0.717) is 0 Å². The van der Waals surface area contributed by atoms with Gasteiger partial charge < -0.3 is 4.74 Å². The Morgan fingerprint density at radius 1 is 1.33 bits per heavy atom. The second kappa shape index (κ2) is 6.65. The lowest BCUT2D eigenvalue weighted by atomic mass is 10.1. The minimum Gasteiger partial charge on any atom is -0.459 e. The number of esters is 1. The number of allylic oxidation sites excluding steroid dienone is 1. The first-order chi connectivity index (χ1) is 7.27. The average molecular weight is 210 g/mol. The van der Waals surface area contributed by atoms with Gasteiger partial charge in [0.15, 0.2) is 0 Å². The van der Waals surface area contributed by atoms with Gasteiger partial charge in [0.2, 0.25) is 0 Å². The van der Waals surface area contributed by atoms with Crippen LogP contribution in [0.25, 0.3) is 0 Å². The van der Waals surface area contributed by atoms with Crippen molar-refractivity contribution in [3.8, 4) is 0 Å².